The molecule has 0 saturated heterocycles. The number of phenols is 1. The monoisotopic (exact) mass is 331 g/mol. The first kappa shape index (κ1) is 13.0. The molecule has 3 rings (SSSR count). The Morgan fingerprint density at radius 2 is 2.00 bits per heavy atom. The van der Waals surface area contributed by atoms with Gasteiger partial charge in [0.05, 0.1) is 18.3 Å². The molecule has 5 heteroatoms. The molecule has 4 nitrogen and oxygen atoms in total. The SMILES string of the molecule is NC1=NCC(c2cccc(O)c2)N1c1ccccc1Br. The Bertz CT molecular complexity index is 672. The van der Waals surface area contributed by atoms with Gasteiger partial charge >= 0.3 is 0 Å². The third kappa shape index (κ3) is 2.25. The molecular weight excluding hydrogens is 318 g/mol. The highest BCUT2D eigenvalue weighted by Crippen LogP contribution is 2.36. The quantitative estimate of drug-likeness (QED) is 0.889. The molecule has 0 radical (unpaired) electrons. The number of rotatable bonds is 2. The van der Waals surface area contributed by atoms with Crippen LogP contribution in [0.25, 0.3) is 0 Å². The molecule has 0 aliphatic carbocycles. The van der Waals surface area contributed by atoms with Gasteiger partial charge in [0.15, 0.2) is 5.96 Å². The predicted molar refractivity (Wildman–Crippen MR) is 84.0 cm³/mol. The molecule has 1 aliphatic heterocycles. The summed E-state index contributed by atoms with van der Waals surface area (Å²) >= 11 is 3.55. The molecule has 0 amide bonds. The lowest BCUT2D eigenvalue weighted by atomic mass is 10.1. The van der Waals surface area contributed by atoms with E-state index in [2.05, 4.69) is 20.9 Å². The van der Waals surface area contributed by atoms with Gasteiger partial charge in [-0.2, -0.15) is 0 Å². The zero-order valence-electron chi connectivity index (χ0n) is 10.7. The van der Waals surface area contributed by atoms with E-state index in [4.69, 9.17) is 5.73 Å². The first-order valence-electron chi connectivity index (χ1n) is 6.29. The minimum Gasteiger partial charge on any atom is -0.508 e. The van der Waals surface area contributed by atoms with E-state index >= 15 is 0 Å². The molecule has 0 fully saturated rings. The van der Waals surface area contributed by atoms with Crippen LogP contribution in [0.5, 0.6) is 5.75 Å². The van der Waals surface area contributed by atoms with Gasteiger partial charge < -0.3 is 15.7 Å². The maximum absolute atomic E-state index is 9.65. The zero-order valence-corrected chi connectivity index (χ0v) is 12.3. The fourth-order valence-electron chi connectivity index (χ4n) is 2.42. The molecule has 2 aromatic carbocycles. The number of hydrogen-bond donors (Lipinski definition) is 2. The summed E-state index contributed by atoms with van der Waals surface area (Å²) in [6.45, 7) is 0.580. The molecule has 0 bridgehead atoms. The van der Waals surface area contributed by atoms with E-state index < -0.39 is 0 Å². The molecule has 0 saturated carbocycles. The van der Waals surface area contributed by atoms with Gasteiger partial charge in [0.25, 0.3) is 0 Å². The Morgan fingerprint density at radius 1 is 1.20 bits per heavy atom. The number of aromatic hydroxyl groups is 1. The second-order valence-electron chi connectivity index (χ2n) is 4.63. The van der Waals surface area contributed by atoms with E-state index in [-0.39, 0.29) is 11.8 Å². The molecule has 1 atom stereocenters. The van der Waals surface area contributed by atoms with Crippen molar-refractivity contribution in [1.82, 2.24) is 0 Å². The molecule has 0 spiro atoms. The summed E-state index contributed by atoms with van der Waals surface area (Å²) in [6, 6.07) is 15.1. The van der Waals surface area contributed by atoms with Gasteiger partial charge in [0, 0.05) is 4.47 Å². The summed E-state index contributed by atoms with van der Waals surface area (Å²) in [5, 5.41) is 9.65. The van der Waals surface area contributed by atoms with Gasteiger partial charge in [-0.1, -0.05) is 24.3 Å². The first-order valence-corrected chi connectivity index (χ1v) is 7.09. The van der Waals surface area contributed by atoms with E-state index in [1.807, 2.05) is 41.3 Å². The molecule has 2 aromatic rings. The van der Waals surface area contributed by atoms with E-state index in [9.17, 15) is 5.11 Å². The summed E-state index contributed by atoms with van der Waals surface area (Å²) in [5.41, 5.74) is 8.00. The predicted octanol–water partition coefficient (Wildman–Crippen LogP) is 3.03. The minimum atomic E-state index is 0.000741. The van der Waals surface area contributed by atoms with Crippen LogP contribution < -0.4 is 10.6 Å². The number of para-hydroxylation sites is 1. The van der Waals surface area contributed by atoms with Crippen molar-refractivity contribution in [3.63, 3.8) is 0 Å². The van der Waals surface area contributed by atoms with E-state index in [0.717, 1.165) is 15.7 Å². The standard InChI is InChI=1S/C15H14BrN3O/c16-12-6-1-2-7-13(12)19-14(9-18-15(19)17)10-4-3-5-11(20)8-10/h1-8,14,20H,9H2,(H2,17,18). The third-order valence-electron chi connectivity index (χ3n) is 3.35. The lowest BCUT2D eigenvalue weighted by Crippen LogP contribution is -2.36. The largest absolute Gasteiger partial charge is 0.508 e. The smallest absolute Gasteiger partial charge is 0.196 e. The van der Waals surface area contributed by atoms with Gasteiger partial charge in [-0.3, -0.25) is 4.99 Å². The maximum Gasteiger partial charge on any atom is 0.196 e. The van der Waals surface area contributed by atoms with Crippen molar-refractivity contribution in [2.75, 3.05) is 11.4 Å². The van der Waals surface area contributed by atoms with Crippen LogP contribution in [0, 0.1) is 0 Å². The van der Waals surface area contributed by atoms with Crippen LogP contribution in [-0.4, -0.2) is 17.6 Å². The van der Waals surface area contributed by atoms with Crippen molar-refractivity contribution in [2.24, 2.45) is 10.7 Å². The van der Waals surface area contributed by atoms with Crippen molar-refractivity contribution in [3.8, 4) is 5.75 Å². The highest BCUT2D eigenvalue weighted by Gasteiger charge is 2.30. The summed E-state index contributed by atoms with van der Waals surface area (Å²) in [7, 11) is 0. The van der Waals surface area contributed by atoms with Crippen molar-refractivity contribution < 1.29 is 5.11 Å². The van der Waals surface area contributed by atoms with Gasteiger partial charge in [0.1, 0.15) is 5.75 Å². The Labute approximate surface area is 125 Å². The van der Waals surface area contributed by atoms with Crippen LogP contribution in [0.1, 0.15) is 11.6 Å². The van der Waals surface area contributed by atoms with Crippen molar-refractivity contribution in [1.29, 1.82) is 0 Å². The second kappa shape index (κ2) is 5.17. The summed E-state index contributed by atoms with van der Waals surface area (Å²) in [6.07, 6.45) is 0. The number of hydrogen-bond acceptors (Lipinski definition) is 4. The van der Waals surface area contributed by atoms with E-state index in [0.29, 0.717) is 12.5 Å². The molecule has 0 aromatic heterocycles. The highest BCUT2D eigenvalue weighted by atomic mass is 79.9. The van der Waals surface area contributed by atoms with Crippen LogP contribution in [0.3, 0.4) is 0 Å². The maximum atomic E-state index is 9.65. The molecule has 1 unspecified atom stereocenters. The van der Waals surface area contributed by atoms with Crippen LogP contribution >= 0.6 is 15.9 Å². The summed E-state index contributed by atoms with van der Waals surface area (Å²) in [4.78, 5) is 6.33. The fraction of sp³-hybridized carbons (Fsp3) is 0.133. The van der Waals surface area contributed by atoms with E-state index in [1.165, 1.54) is 0 Å². The number of anilines is 1. The Balaban J connectivity index is 2.03. The molecule has 3 N–H and O–H groups in total. The number of halogens is 1. The molecule has 1 heterocycles. The first-order chi connectivity index (χ1) is 9.66. The van der Waals surface area contributed by atoms with Crippen LogP contribution in [0.15, 0.2) is 58.0 Å². The minimum absolute atomic E-state index is 0.000741. The highest BCUT2D eigenvalue weighted by molar-refractivity contribution is 9.10. The molecule has 102 valence electrons. The summed E-state index contributed by atoms with van der Waals surface area (Å²) in [5.74, 6) is 0.741. The topological polar surface area (TPSA) is 61.9 Å². The molecular formula is C15H14BrN3O. The lowest BCUT2D eigenvalue weighted by Gasteiger charge is -2.27. The number of guanidine groups is 1. The fourth-order valence-corrected chi connectivity index (χ4v) is 2.90. The van der Waals surface area contributed by atoms with Crippen LogP contribution in [0.2, 0.25) is 0 Å². The zero-order chi connectivity index (χ0) is 14.1. The Morgan fingerprint density at radius 3 is 2.75 bits per heavy atom. The third-order valence-corrected chi connectivity index (χ3v) is 4.02. The molecule has 20 heavy (non-hydrogen) atoms. The van der Waals surface area contributed by atoms with E-state index in [1.54, 1.807) is 12.1 Å². The molecule has 1 aliphatic rings. The van der Waals surface area contributed by atoms with Gasteiger partial charge in [-0.05, 0) is 45.8 Å². The average Bonchev–Trinajstić information content (AvgIpc) is 2.81. The Kier molecular flexibility index (Phi) is 3.36. The van der Waals surface area contributed by atoms with Crippen molar-refractivity contribution in [3.05, 3.63) is 58.6 Å². The number of nitrogens with two attached hydrogens (primary N) is 1. The van der Waals surface area contributed by atoms with Crippen molar-refractivity contribution >= 4 is 27.6 Å². The number of aliphatic imine (C=N–C) groups is 1. The summed E-state index contributed by atoms with van der Waals surface area (Å²) < 4.78 is 0.963. The van der Waals surface area contributed by atoms with Gasteiger partial charge in [0.2, 0.25) is 0 Å². The number of benzene rings is 2. The van der Waals surface area contributed by atoms with Crippen LogP contribution in [-0.2, 0) is 0 Å². The van der Waals surface area contributed by atoms with Crippen LogP contribution in [0.4, 0.5) is 5.69 Å². The normalized spacial score (nSPS) is 18.1. The lowest BCUT2D eigenvalue weighted by molar-refractivity contribution is 0.474. The van der Waals surface area contributed by atoms with Gasteiger partial charge in [-0.25, -0.2) is 0 Å². The number of nitrogens with zero attached hydrogens (tertiary/aromatic N) is 2. The second-order valence-corrected chi connectivity index (χ2v) is 5.49. The van der Waals surface area contributed by atoms with Crippen molar-refractivity contribution in [2.45, 2.75) is 6.04 Å². The van der Waals surface area contributed by atoms with Gasteiger partial charge in [-0.15, -0.1) is 0 Å². The Hall–Kier alpha value is -2.01. The number of phenolic OH excluding ortho intramolecular Hbond substituents is 1. The average molecular weight is 332 g/mol.